The third kappa shape index (κ3) is 3.10. The quantitative estimate of drug-likeness (QED) is 0.781. The Morgan fingerprint density at radius 2 is 1.81 bits per heavy atom. The molecule has 0 radical (unpaired) electrons. The Balaban J connectivity index is 1.38. The lowest BCUT2D eigenvalue weighted by Crippen LogP contribution is -2.33. The Labute approximate surface area is 153 Å². The maximum Gasteiger partial charge on any atom is 0.263 e. The van der Waals surface area contributed by atoms with Crippen molar-refractivity contribution < 1.29 is 23.9 Å². The van der Waals surface area contributed by atoms with Crippen LogP contribution in [0.15, 0.2) is 36.4 Å². The van der Waals surface area contributed by atoms with E-state index in [1.165, 1.54) is 6.07 Å². The van der Waals surface area contributed by atoms with Gasteiger partial charge < -0.3 is 15.4 Å². The van der Waals surface area contributed by atoms with E-state index >= 15 is 0 Å². The van der Waals surface area contributed by atoms with Crippen LogP contribution in [-0.2, 0) is 9.59 Å². The maximum absolute atomic E-state index is 12.3. The number of hydrogen-bond donors (Lipinski definition) is 2. The SMILES string of the molecule is O=C(CCN1C(=O)c2ccccc2C1=O)Nc1ccc2c(n1)NC(=O)CO2. The van der Waals surface area contributed by atoms with Gasteiger partial charge in [-0.15, -0.1) is 0 Å². The number of hydrogen-bond acceptors (Lipinski definition) is 6. The van der Waals surface area contributed by atoms with E-state index in [2.05, 4.69) is 15.6 Å². The summed E-state index contributed by atoms with van der Waals surface area (Å²) < 4.78 is 5.20. The van der Waals surface area contributed by atoms with E-state index in [4.69, 9.17) is 4.74 Å². The molecule has 27 heavy (non-hydrogen) atoms. The van der Waals surface area contributed by atoms with Crippen LogP contribution in [0.5, 0.6) is 5.75 Å². The van der Waals surface area contributed by atoms with Gasteiger partial charge in [-0.3, -0.25) is 24.1 Å². The van der Waals surface area contributed by atoms with E-state index in [9.17, 15) is 19.2 Å². The molecule has 1 aromatic heterocycles. The third-order valence-corrected chi connectivity index (χ3v) is 4.18. The van der Waals surface area contributed by atoms with Crippen molar-refractivity contribution in [3.8, 4) is 5.75 Å². The van der Waals surface area contributed by atoms with Gasteiger partial charge in [0.15, 0.2) is 18.2 Å². The van der Waals surface area contributed by atoms with Crippen molar-refractivity contribution in [2.75, 3.05) is 23.8 Å². The van der Waals surface area contributed by atoms with Crippen LogP contribution in [0, 0.1) is 0 Å². The lowest BCUT2D eigenvalue weighted by molar-refractivity contribution is -0.118. The molecule has 2 aliphatic heterocycles. The van der Waals surface area contributed by atoms with Crippen molar-refractivity contribution in [2.45, 2.75) is 6.42 Å². The second-order valence-corrected chi connectivity index (χ2v) is 5.99. The maximum atomic E-state index is 12.3. The minimum atomic E-state index is -0.415. The summed E-state index contributed by atoms with van der Waals surface area (Å²) in [6, 6.07) is 9.67. The minimum Gasteiger partial charge on any atom is -0.480 e. The Bertz CT molecular complexity index is 952. The van der Waals surface area contributed by atoms with Gasteiger partial charge in [0.2, 0.25) is 5.91 Å². The van der Waals surface area contributed by atoms with Crippen LogP contribution in [-0.4, -0.2) is 46.7 Å². The summed E-state index contributed by atoms with van der Waals surface area (Å²) in [5.74, 6) is -0.688. The Kier molecular flexibility index (Phi) is 4.03. The highest BCUT2D eigenvalue weighted by Crippen LogP contribution is 2.27. The Morgan fingerprint density at radius 3 is 2.52 bits per heavy atom. The fourth-order valence-corrected chi connectivity index (χ4v) is 2.89. The van der Waals surface area contributed by atoms with Gasteiger partial charge in [-0.05, 0) is 24.3 Å². The number of benzene rings is 1. The summed E-state index contributed by atoms with van der Waals surface area (Å²) in [4.78, 5) is 53.2. The van der Waals surface area contributed by atoms with Crippen LogP contribution in [0.4, 0.5) is 11.6 Å². The van der Waals surface area contributed by atoms with E-state index in [-0.39, 0.29) is 37.1 Å². The average Bonchev–Trinajstić information content (AvgIpc) is 2.90. The number of aromatic nitrogens is 1. The number of ether oxygens (including phenoxy) is 1. The molecule has 0 spiro atoms. The van der Waals surface area contributed by atoms with Gasteiger partial charge in [-0.2, -0.15) is 0 Å². The number of carbonyl (C=O) groups excluding carboxylic acids is 4. The summed E-state index contributed by atoms with van der Waals surface area (Å²) in [6.07, 6.45) is -0.0763. The number of fused-ring (bicyclic) bond motifs is 2. The number of nitrogens with zero attached hydrogens (tertiary/aromatic N) is 2. The van der Waals surface area contributed by atoms with Crippen LogP contribution in [0.2, 0.25) is 0 Å². The zero-order valence-electron chi connectivity index (χ0n) is 14.0. The molecule has 4 amide bonds. The van der Waals surface area contributed by atoms with Gasteiger partial charge in [-0.25, -0.2) is 4.98 Å². The Morgan fingerprint density at radius 1 is 1.11 bits per heavy atom. The molecule has 1 aromatic carbocycles. The normalized spacial score (nSPS) is 15.0. The molecule has 0 saturated heterocycles. The fourth-order valence-electron chi connectivity index (χ4n) is 2.89. The van der Waals surface area contributed by atoms with Crippen molar-refractivity contribution in [1.29, 1.82) is 0 Å². The topological polar surface area (TPSA) is 118 Å². The molecule has 0 saturated carbocycles. The first-order valence-corrected chi connectivity index (χ1v) is 8.22. The summed E-state index contributed by atoms with van der Waals surface area (Å²) in [5, 5.41) is 5.12. The molecule has 9 heteroatoms. The molecule has 0 fully saturated rings. The second-order valence-electron chi connectivity index (χ2n) is 5.99. The van der Waals surface area contributed by atoms with E-state index < -0.39 is 17.7 Å². The highest BCUT2D eigenvalue weighted by atomic mass is 16.5. The Hall–Kier alpha value is -3.75. The zero-order valence-corrected chi connectivity index (χ0v) is 14.0. The largest absolute Gasteiger partial charge is 0.480 e. The van der Waals surface area contributed by atoms with Crippen LogP contribution in [0.1, 0.15) is 27.1 Å². The van der Waals surface area contributed by atoms with E-state index in [0.717, 1.165) is 4.90 Å². The standard InChI is InChI=1S/C18H14N4O5/c23-14(19-13-6-5-12-16(20-13)21-15(24)9-27-12)7-8-22-17(25)10-3-1-2-4-11(10)18(22)26/h1-6H,7-9H2,(H2,19,20,21,23,24). The minimum absolute atomic E-state index is 0.0387. The number of anilines is 2. The van der Waals surface area contributed by atoms with Crippen molar-refractivity contribution >= 4 is 35.3 Å². The monoisotopic (exact) mass is 366 g/mol. The molecule has 136 valence electrons. The second kappa shape index (κ2) is 6.52. The van der Waals surface area contributed by atoms with E-state index in [1.54, 1.807) is 30.3 Å². The van der Waals surface area contributed by atoms with Crippen molar-refractivity contribution in [2.24, 2.45) is 0 Å². The predicted molar refractivity (Wildman–Crippen MR) is 93.4 cm³/mol. The molecule has 4 rings (SSSR count). The molecule has 0 aliphatic carbocycles. The van der Waals surface area contributed by atoms with Gasteiger partial charge in [-0.1, -0.05) is 12.1 Å². The molecular weight excluding hydrogens is 352 g/mol. The average molecular weight is 366 g/mol. The van der Waals surface area contributed by atoms with Gasteiger partial charge in [0.05, 0.1) is 11.1 Å². The molecule has 0 bridgehead atoms. The fraction of sp³-hybridized carbons (Fsp3) is 0.167. The van der Waals surface area contributed by atoms with Crippen molar-refractivity contribution in [1.82, 2.24) is 9.88 Å². The first-order valence-electron chi connectivity index (χ1n) is 8.22. The number of imide groups is 1. The lowest BCUT2D eigenvalue weighted by atomic mass is 10.1. The molecule has 9 nitrogen and oxygen atoms in total. The first kappa shape index (κ1) is 16.7. The van der Waals surface area contributed by atoms with Crippen LogP contribution >= 0.6 is 0 Å². The highest BCUT2D eigenvalue weighted by molar-refractivity contribution is 6.21. The van der Waals surface area contributed by atoms with Crippen molar-refractivity contribution in [3.63, 3.8) is 0 Å². The molecule has 2 N–H and O–H groups in total. The van der Waals surface area contributed by atoms with Crippen LogP contribution in [0.25, 0.3) is 0 Å². The lowest BCUT2D eigenvalue weighted by Gasteiger charge is -2.17. The summed E-state index contributed by atoms with van der Waals surface area (Å²) in [6.45, 7) is -0.121. The molecule has 2 aliphatic rings. The smallest absolute Gasteiger partial charge is 0.263 e. The van der Waals surface area contributed by atoms with Gasteiger partial charge in [0.25, 0.3) is 17.7 Å². The van der Waals surface area contributed by atoms with Gasteiger partial charge in [0.1, 0.15) is 5.82 Å². The third-order valence-electron chi connectivity index (χ3n) is 4.18. The van der Waals surface area contributed by atoms with E-state index in [0.29, 0.717) is 16.9 Å². The summed E-state index contributed by atoms with van der Waals surface area (Å²) in [5.41, 5.74) is 0.685. The molecule has 0 atom stereocenters. The summed E-state index contributed by atoms with van der Waals surface area (Å²) in [7, 11) is 0. The molecule has 0 unspecified atom stereocenters. The van der Waals surface area contributed by atoms with E-state index in [1.807, 2.05) is 0 Å². The zero-order chi connectivity index (χ0) is 19.0. The predicted octanol–water partition coefficient (Wildman–Crippen LogP) is 1.04. The number of carbonyl (C=O) groups is 4. The van der Waals surface area contributed by atoms with Gasteiger partial charge >= 0.3 is 0 Å². The van der Waals surface area contributed by atoms with Crippen LogP contribution in [0.3, 0.4) is 0 Å². The summed E-state index contributed by atoms with van der Waals surface area (Å²) >= 11 is 0. The van der Waals surface area contributed by atoms with Crippen LogP contribution < -0.4 is 15.4 Å². The highest BCUT2D eigenvalue weighted by Gasteiger charge is 2.35. The number of nitrogens with one attached hydrogen (secondary N) is 2. The molecule has 2 aromatic rings. The van der Waals surface area contributed by atoms with Gasteiger partial charge in [0, 0.05) is 13.0 Å². The molecular formula is C18H14N4O5. The molecule has 3 heterocycles. The first-order chi connectivity index (χ1) is 13.0. The number of amides is 4. The van der Waals surface area contributed by atoms with Crippen molar-refractivity contribution in [3.05, 3.63) is 47.5 Å². The number of pyridine rings is 1. The number of rotatable bonds is 4.